The van der Waals surface area contributed by atoms with Crippen molar-refractivity contribution < 1.29 is 18.0 Å². The zero-order valence-corrected chi connectivity index (χ0v) is 12.4. The molecule has 7 heteroatoms. The number of halogens is 4. The molecule has 0 aliphatic rings. The maximum atomic E-state index is 12.5. The van der Waals surface area contributed by atoms with Gasteiger partial charge in [-0.15, -0.1) is 0 Å². The fourth-order valence-electron chi connectivity index (χ4n) is 1.79. The summed E-state index contributed by atoms with van der Waals surface area (Å²) in [6, 6.07) is 12.6. The van der Waals surface area contributed by atoms with E-state index in [9.17, 15) is 18.0 Å². The summed E-state index contributed by atoms with van der Waals surface area (Å²) in [4.78, 5) is 11.3. The standard InChI is InChI=1S/C16H12ClF3N2O/c17-11-7-5-10(6-8-11)14(9-15(23)16(18,19)20)22-13-4-2-1-3-12(13)21/h1-9,22H,21H2/b14-9+. The molecule has 0 unspecified atom stereocenters. The third-order valence-corrected chi connectivity index (χ3v) is 3.19. The van der Waals surface area contributed by atoms with Gasteiger partial charge in [-0.3, -0.25) is 4.79 Å². The minimum atomic E-state index is -4.96. The van der Waals surface area contributed by atoms with Crippen LogP contribution in [0.1, 0.15) is 5.56 Å². The Morgan fingerprint density at radius 3 is 2.26 bits per heavy atom. The molecule has 0 heterocycles. The van der Waals surface area contributed by atoms with Crippen LogP contribution in [0.2, 0.25) is 5.02 Å². The van der Waals surface area contributed by atoms with Gasteiger partial charge in [0.1, 0.15) is 0 Å². The lowest BCUT2D eigenvalue weighted by molar-refractivity contribution is -0.165. The van der Waals surface area contributed by atoms with E-state index < -0.39 is 12.0 Å². The minimum absolute atomic E-state index is 0.0260. The highest BCUT2D eigenvalue weighted by Gasteiger charge is 2.36. The lowest BCUT2D eigenvalue weighted by Gasteiger charge is -2.14. The molecule has 0 bridgehead atoms. The summed E-state index contributed by atoms with van der Waals surface area (Å²) in [5.41, 5.74) is 6.85. The van der Waals surface area contributed by atoms with E-state index in [1.165, 1.54) is 24.3 Å². The van der Waals surface area contributed by atoms with Gasteiger partial charge in [-0.2, -0.15) is 13.2 Å². The van der Waals surface area contributed by atoms with Gasteiger partial charge in [0.05, 0.1) is 11.4 Å². The van der Waals surface area contributed by atoms with E-state index in [0.29, 0.717) is 28.0 Å². The Balaban J connectivity index is 2.43. The van der Waals surface area contributed by atoms with Gasteiger partial charge in [-0.25, -0.2) is 0 Å². The van der Waals surface area contributed by atoms with Crippen LogP contribution in [0.25, 0.3) is 5.70 Å². The van der Waals surface area contributed by atoms with E-state index in [1.54, 1.807) is 24.3 Å². The molecule has 3 N–H and O–H groups in total. The molecule has 0 saturated carbocycles. The number of carbonyl (C=O) groups is 1. The summed E-state index contributed by atoms with van der Waals surface area (Å²) in [5.74, 6) is -1.97. The van der Waals surface area contributed by atoms with Gasteiger partial charge >= 0.3 is 6.18 Å². The molecule has 0 radical (unpaired) electrons. The Bertz CT molecular complexity index is 740. The first-order valence-electron chi connectivity index (χ1n) is 6.47. The third kappa shape index (κ3) is 4.50. The van der Waals surface area contributed by atoms with Crippen LogP contribution in [-0.4, -0.2) is 12.0 Å². The quantitative estimate of drug-likeness (QED) is 0.636. The molecule has 0 aromatic heterocycles. The molecule has 0 spiro atoms. The van der Waals surface area contributed by atoms with E-state index in [4.69, 9.17) is 17.3 Å². The predicted octanol–water partition coefficient (Wildman–Crippen LogP) is 4.51. The summed E-state index contributed by atoms with van der Waals surface area (Å²) in [5, 5.41) is 3.18. The van der Waals surface area contributed by atoms with Crippen LogP contribution in [0.5, 0.6) is 0 Å². The zero-order valence-electron chi connectivity index (χ0n) is 11.7. The van der Waals surface area contributed by atoms with Gasteiger partial charge in [0, 0.05) is 16.8 Å². The van der Waals surface area contributed by atoms with E-state index in [2.05, 4.69) is 5.32 Å². The van der Waals surface area contributed by atoms with Crippen molar-refractivity contribution >= 4 is 34.5 Å². The van der Waals surface area contributed by atoms with Crippen molar-refractivity contribution in [3.05, 3.63) is 65.2 Å². The highest BCUT2D eigenvalue weighted by atomic mass is 35.5. The highest BCUT2D eigenvalue weighted by molar-refractivity contribution is 6.30. The molecule has 2 aromatic rings. The fraction of sp³-hybridized carbons (Fsp3) is 0.0625. The Morgan fingerprint density at radius 2 is 1.70 bits per heavy atom. The number of anilines is 2. The number of rotatable bonds is 4. The van der Waals surface area contributed by atoms with Crippen molar-refractivity contribution in [1.82, 2.24) is 0 Å². The minimum Gasteiger partial charge on any atom is -0.397 e. The monoisotopic (exact) mass is 340 g/mol. The largest absolute Gasteiger partial charge is 0.454 e. The topological polar surface area (TPSA) is 55.1 Å². The number of nitrogens with one attached hydrogen (secondary N) is 1. The lowest BCUT2D eigenvalue weighted by Crippen LogP contribution is -2.21. The molecular formula is C16H12ClF3N2O. The lowest BCUT2D eigenvalue weighted by atomic mass is 10.1. The number of allylic oxidation sites excluding steroid dienone is 1. The number of hydrogen-bond donors (Lipinski definition) is 2. The van der Waals surface area contributed by atoms with E-state index in [0.717, 1.165) is 0 Å². The van der Waals surface area contributed by atoms with Crippen molar-refractivity contribution in [3.8, 4) is 0 Å². The summed E-state index contributed by atoms with van der Waals surface area (Å²) in [7, 11) is 0. The van der Waals surface area contributed by atoms with Crippen LogP contribution in [-0.2, 0) is 4.79 Å². The fourth-order valence-corrected chi connectivity index (χ4v) is 1.92. The number of ketones is 1. The van der Waals surface area contributed by atoms with Crippen molar-refractivity contribution in [2.75, 3.05) is 11.1 Å². The van der Waals surface area contributed by atoms with Gasteiger partial charge in [0.15, 0.2) is 0 Å². The SMILES string of the molecule is Nc1ccccc1N/C(=C/C(=O)C(F)(F)F)c1ccc(Cl)cc1. The second kappa shape index (κ2) is 6.75. The van der Waals surface area contributed by atoms with Crippen molar-refractivity contribution in [3.63, 3.8) is 0 Å². The van der Waals surface area contributed by atoms with Crippen molar-refractivity contribution in [1.29, 1.82) is 0 Å². The third-order valence-electron chi connectivity index (χ3n) is 2.94. The Labute approximate surface area is 135 Å². The van der Waals surface area contributed by atoms with Gasteiger partial charge < -0.3 is 11.1 Å². The molecule has 0 saturated heterocycles. The molecule has 2 aromatic carbocycles. The van der Waals surface area contributed by atoms with Crippen LogP contribution in [0.15, 0.2) is 54.6 Å². The smallest absolute Gasteiger partial charge is 0.397 e. The average molecular weight is 341 g/mol. The Morgan fingerprint density at radius 1 is 1.09 bits per heavy atom. The van der Waals surface area contributed by atoms with Gasteiger partial charge in [-0.05, 0) is 29.8 Å². The average Bonchev–Trinajstić information content (AvgIpc) is 2.48. The number of carbonyl (C=O) groups excluding carboxylic acids is 1. The van der Waals surface area contributed by atoms with E-state index in [1.807, 2.05) is 0 Å². The second-order valence-electron chi connectivity index (χ2n) is 4.64. The van der Waals surface area contributed by atoms with E-state index in [-0.39, 0.29) is 5.70 Å². The zero-order chi connectivity index (χ0) is 17.0. The summed E-state index contributed by atoms with van der Waals surface area (Å²) in [6.45, 7) is 0. The molecule has 0 amide bonds. The van der Waals surface area contributed by atoms with Crippen LogP contribution in [0.3, 0.4) is 0 Å². The predicted molar refractivity (Wildman–Crippen MR) is 85.0 cm³/mol. The first kappa shape index (κ1) is 16.9. The van der Waals surface area contributed by atoms with Gasteiger partial charge in [0.2, 0.25) is 0 Å². The number of hydrogen-bond acceptors (Lipinski definition) is 3. The van der Waals surface area contributed by atoms with Crippen molar-refractivity contribution in [2.45, 2.75) is 6.18 Å². The molecule has 0 aliphatic carbocycles. The molecule has 0 atom stereocenters. The highest BCUT2D eigenvalue weighted by Crippen LogP contribution is 2.26. The van der Waals surface area contributed by atoms with Crippen LogP contribution < -0.4 is 11.1 Å². The molecular weight excluding hydrogens is 329 g/mol. The van der Waals surface area contributed by atoms with Gasteiger partial charge in [-0.1, -0.05) is 35.9 Å². The summed E-state index contributed by atoms with van der Waals surface area (Å²) >= 11 is 5.77. The van der Waals surface area contributed by atoms with Crippen LogP contribution in [0.4, 0.5) is 24.5 Å². The van der Waals surface area contributed by atoms with Crippen LogP contribution in [0, 0.1) is 0 Å². The maximum Gasteiger partial charge on any atom is 0.454 e. The first-order chi connectivity index (χ1) is 10.8. The normalized spacial score (nSPS) is 12.1. The number of alkyl halides is 3. The maximum absolute atomic E-state index is 12.5. The van der Waals surface area contributed by atoms with E-state index >= 15 is 0 Å². The molecule has 23 heavy (non-hydrogen) atoms. The van der Waals surface area contributed by atoms with Gasteiger partial charge in [0.25, 0.3) is 5.78 Å². The molecule has 0 fully saturated rings. The molecule has 2 rings (SSSR count). The summed E-state index contributed by atoms with van der Waals surface area (Å²) < 4.78 is 37.6. The number of benzene rings is 2. The number of para-hydroxylation sites is 2. The summed E-state index contributed by atoms with van der Waals surface area (Å²) in [6.07, 6.45) is -4.46. The second-order valence-corrected chi connectivity index (χ2v) is 5.08. The number of nitrogens with two attached hydrogens (primary N) is 1. The molecule has 0 aliphatic heterocycles. The Kier molecular flexibility index (Phi) is 4.95. The molecule has 3 nitrogen and oxygen atoms in total. The van der Waals surface area contributed by atoms with Crippen molar-refractivity contribution in [2.24, 2.45) is 0 Å². The molecule has 120 valence electrons. The number of nitrogen functional groups attached to an aromatic ring is 1. The first-order valence-corrected chi connectivity index (χ1v) is 6.85. The Hall–Kier alpha value is -2.47. The van der Waals surface area contributed by atoms with Crippen LogP contribution >= 0.6 is 11.6 Å².